The number of esters is 1. The molecule has 0 bridgehead atoms. The van der Waals surface area contributed by atoms with Gasteiger partial charge in [0.05, 0.1) is 25.4 Å². The predicted molar refractivity (Wildman–Crippen MR) is 129 cm³/mol. The molecule has 0 aliphatic carbocycles. The Kier molecular flexibility index (Phi) is 8.61. The molecule has 34 heavy (non-hydrogen) atoms. The second-order valence-corrected chi connectivity index (χ2v) is 7.67. The van der Waals surface area contributed by atoms with E-state index in [1.54, 1.807) is 60.7 Å². The Labute approximate surface area is 205 Å². The molecule has 0 radical (unpaired) electrons. The number of methoxy groups -OCH3 is 1. The molecular weight excluding hydrogens is 481 g/mol. The summed E-state index contributed by atoms with van der Waals surface area (Å²) < 4.78 is 10.7. The van der Waals surface area contributed by atoms with Crippen LogP contribution in [0.3, 0.4) is 0 Å². The quantitative estimate of drug-likeness (QED) is 0.210. The van der Waals surface area contributed by atoms with Crippen molar-refractivity contribution < 1.29 is 23.9 Å². The molecule has 0 aliphatic rings. The van der Waals surface area contributed by atoms with Crippen molar-refractivity contribution in [2.75, 3.05) is 13.7 Å². The van der Waals surface area contributed by atoms with Crippen LogP contribution in [-0.4, -0.2) is 37.7 Å². The summed E-state index contributed by atoms with van der Waals surface area (Å²) in [5.41, 5.74) is 3.56. The lowest BCUT2D eigenvalue weighted by Crippen LogP contribution is -2.34. The van der Waals surface area contributed by atoms with Gasteiger partial charge >= 0.3 is 5.97 Å². The summed E-state index contributed by atoms with van der Waals surface area (Å²) >= 11 is 11.7. The van der Waals surface area contributed by atoms with Gasteiger partial charge in [0.25, 0.3) is 11.8 Å². The Balaban J connectivity index is 1.54. The van der Waals surface area contributed by atoms with Gasteiger partial charge in [-0.1, -0.05) is 29.3 Å². The van der Waals surface area contributed by atoms with E-state index in [1.807, 2.05) is 0 Å². The number of ether oxygens (including phenoxy) is 2. The van der Waals surface area contributed by atoms with Crippen LogP contribution in [0.2, 0.25) is 10.0 Å². The van der Waals surface area contributed by atoms with Crippen molar-refractivity contribution >= 4 is 47.2 Å². The van der Waals surface area contributed by atoms with Crippen LogP contribution in [0.1, 0.15) is 26.3 Å². The fraction of sp³-hybridized carbons (Fsp3) is 0.0833. The summed E-state index contributed by atoms with van der Waals surface area (Å²) in [4.78, 5) is 36.3. The first-order chi connectivity index (χ1) is 16.4. The lowest BCUT2D eigenvalue weighted by atomic mass is 10.2. The van der Waals surface area contributed by atoms with E-state index < -0.39 is 17.8 Å². The van der Waals surface area contributed by atoms with Gasteiger partial charge in [-0.3, -0.25) is 9.59 Å². The van der Waals surface area contributed by atoms with Gasteiger partial charge in [-0.15, -0.1) is 0 Å². The molecule has 0 spiro atoms. The fourth-order valence-electron chi connectivity index (χ4n) is 2.70. The van der Waals surface area contributed by atoms with Crippen LogP contribution in [0, 0.1) is 0 Å². The molecule has 0 heterocycles. The number of nitrogens with one attached hydrogen (secondary N) is 2. The van der Waals surface area contributed by atoms with E-state index >= 15 is 0 Å². The van der Waals surface area contributed by atoms with Crippen LogP contribution in [0.15, 0.2) is 71.8 Å². The van der Waals surface area contributed by atoms with E-state index in [1.165, 1.54) is 19.4 Å². The van der Waals surface area contributed by atoms with Crippen LogP contribution in [-0.2, 0) is 4.79 Å². The molecule has 0 atom stereocenters. The maximum atomic E-state index is 12.3. The van der Waals surface area contributed by atoms with E-state index in [2.05, 4.69) is 15.8 Å². The van der Waals surface area contributed by atoms with Crippen molar-refractivity contribution in [3.8, 4) is 11.5 Å². The summed E-state index contributed by atoms with van der Waals surface area (Å²) in [5, 5.41) is 7.26. The number of halogens is 2. The molecular formula is C24H19Cl2N3O5. The Hall–Kier alpha value is -3.88. The van der Waals surface area contributed by atoms with Crippen LogP contribution >= 0.6 is 23.2 Å². The second-order valence-electron chi connectivity index (χ2n) is 6.79. The van der Waals surface area contributed by atoms with Gasteiger partial charge in [0, 0.05) is 15.6 Å². The largest absolute Gasteiger partial charge is 0.493 e. The number of hydrogen-bond donors (Lipinski definition) is 2. The zero-order valence-corrected chi connectivity index (χ0v) is 19.4. The maximum absolute atomic E-state index is 12.3. The number of amides is 2. The smallest absolute Gasteiger partial charge is 0.343 e. The molecule has 0 aromatic heterocycles. The third kappa shape index (κ3) is 7.06. The van der Waals surface area contributed by atoms with Crippen LogP contribution in [0.5, 0.6) is 11.5 Å². The third-order valence-electron chi connectivity index (χ3n) is 4.37. The number of carbonyl (C=O) groups excluding carboxylic acids is 3. The lowest BCUT2D eigenvalue weighted by molar-refractivity contribution is -0.120. The zero-order valence-electron chi connectivity index (χ0n) is 17.9. The first-order valence-electron chi connectivity index (χ1n) is 9.87. The molecule has 3 aromatic rings. The molecule has 0 aliphatic heterocycles. The van der Waals surface area contributed by atoms with Crippen molar-refractivity contribution in [2.45, 2.75) is 0 Å². The number of hydrazone groups is 1. The molecule has 0 saturated heterocycles. The molecule has 174 valence electrons. The highest BCUT2D eigenvalue weighted by Gasteiger charge is 2.13. The van der Waals surface area contributed by atoms with Gasteiger partial charge in [0.2, 0.25) is 0 Å². The number of carbonyl (C=O) groups is 3. The Bertz CT molecular complexity index is 1230. The van der Waals surface area contributed by atoms with E-state index in [9.17, 15) is 14.4 Å². The molecule has 10 heteroatoms. The number of hydrogen-bond acceptors (Lipinski definition) is 6. The molecule has 0 unspecified atom stereocenters. The number of benzene rings is 3. The van der Waals surface area contributed by atoms with Crippen molar-refractivity contribution in [3.05, 3.63) is 93.5 Å². The normalized spacial score (nSPS) is 10.6. The number of rotatable bonds is 8. The van der Waals surface area contributed by atoms with Crippen LogP contribution in [0.25, 0.3) is 0 Å². The van der Waals surface area contributed by atoms with E-state index in [-0.39, 0.29) is 12.3 Å². The minimum absolute atomic E-state index is 0.215. The summed E-state index contributed by atoms with van der Waals surface area (Å²) in [7, 11) is 1.43. The Morgan fingerprint density at radius 3 is 2.38 bits per heavy atom. The summed E-state index contributed by atoms with van der Waals surface area (Å²) in [6.07, 6.45) is 1.38. The first kappa shape index (κ1) is 24.8. The molecule has 2 amide bonds. The predicted octanol–water partition coefficient (Wildman–Crippen LogP) is 4.10. The SMILES string of the molecule is COc1cc(/C=N/NC(=O)CNC(=O)c2cccc(Cl)c2)ccc1OC(=O)c1ccc(Cl)cc1. The second kappa shape index (κ2) is 11.8. The van der Waals surface area contributed by atoms with Crippen molar-refractivity contribution in [1.29, 1.82) is 0 Å². The van der Waals surface area contributed by atoms with Crippen molar-refractivity contribution in [2.24, 2.45) is 5.10 Å². The monoisotopic (exact) mass is 499 g/mol. The summed E-state index contributed by atoms with van der Waals surface area (Å²) in [5.74, 6) is -1.01. The van der Waals surface area contributed by atoms with Gasteiger partial charge < -0.3 is 14.8 Å². The van der Waals surface area contributed by atoms with E-state index in [0.29, 0.717) is 32.5 Å². The van der Waals surface area contributed by atoms with Crippen molar-refractivity contribution in [1.82, 2.24) is 10.7 Å². The molecule has 3 rings (SSSR count). The Morgan fingerprint density at radius 1 is 0.912 bits per heavy atom. The highest BCUT2D eigenvalue weighted by molar-refractivity contribution is 6.31. The maximum Gasteiger partial charge on any atom is 0.343 e. The topological polar surface area (TPSA) is 106 Å². The van der Waals surface area contributed by atoms with Crippen LogP contribution < -0.4 is 20.2 Å². The van der Waals surface area contributed by atoms with Gasteiger partial charge in [-0.05, 0) is 66.2 Å². The minimum Gasteiger partial charge on any atom is -0.493 e. The number of nitrogens with zero attached hydrogens (tertiary/aromatic N) is 1. The van der Waals surface area contributed by atoms with Crippen LogP contribution in [0.4, 0.5) is 0 Å². The van der Waals surface area contributed by atoms with Crippen molar-refractivity contribution in [3.63, 3.8) is 0 Å². The molecule has 8 nitrogen and oxygen atoms in total. The van der Waals surface area contributed by atoms with Gasteiger partial charge in [-0.25, -0.2) is 10.2 Å². The van der Waals surface area contributed by atoms with Gasteiger partial charge in [0.15, 0.2) is 11.5 Å². The van der Waals surface area contributed by atoms with E-state index in [0.717, 1.165) is 0 Å². The third-order valence-corrected chi connectivity index (χ3v) is 4.86. The molecule has 2 N–H and O–H groups in total. The zero-order chi connectivity index (χ0) is 24.5. The highest BCUT2D eigenvalue weighted by Crippen LogP contribution is 2.28. The summed E-state index contributed by atoms with van der Waals surface area (Å²) in [6.45, 7) is -0.272. The Morgan fingerprint density at radius 2 is 1.68 bits per heavy atom. The average molecular weight is 500 g/mol. The first-order valence-corrected chi connectivity index (χ1v) is 10.6. The van der Waals surface area contributed by atoms with Gasteiger partial charge in [-0.2, -0.15) is 5.10 Å². The van der Waals surface area contributed by atoms with Gasteiger partial charge in [0.1, 0.15) is 0 Å². The fourth-order valence-corrected chi connectivity index (χ4v) is 3.02. The van der Waals surface area contributed by atoms with E-state index in [4.69, 9.17) is 32.7 Å². The lowest BCUT2D eigenvalue weighted by Gasteiger charge is -2.10. The molecule has 3 aromatic carbocycles. The average Bonchev–Trinajstić information content (AvgIpc) is 2.83. The summed E-state index contributed by atoms with van der Waals surface area (Å²) in [6, 6.07) is 17.4. The molecule has 0 fully saturated rings. The highest BCUT2D eigenvalue weighted by atomic mass is 35.5. The standard InChI is InChI=1S/C24H19Cl2N3O5/c1-33-21-11-15(5-10-20(21)34-24(32)16-6-8-18(25)9-7-16)13-28-29-22(30)14-27-23(31)17-3-2-4-19(26)12-17/h2-13H,14H2,1H3,(H,27,31)(H,29,30)/b28-13+. The minimum atomic E-state index is -0.566. The molecule has 0 saturated carbocycles.